The lowest BCUT2D eigenvalue weighted by atomic mass is 10.1. The zero-order chi connectivity index (χ0) is 17.8. The Morgan fingerprint density at radius 2 is 1.80 bits per heavy atom. The van der Waals surface area contributed by atoms with Gasteiger partial charge in [-0.25, -0.2) is 0 Å². The van der Waals surface area contributed by atoms with E-state index in [0.29, 0.717) is 22.2 Å². The SMILES string of the molecule is COc1ccc(NC(=O)[C@@H](C)Oc2ccc3ccccc3c2)cc1Cl. The Labute approximate surface area is 151 Å². The first kappa shape index (κ1) is 17.1. The lowest BCUT2D eigenvalue weighted by Crippen LogP contribution is -2.30. The van der Waals surface area contributed by atoms with Crippen LogP contribution >= 0.6 is 11.6 Å². The molecule has 5 heteroatoms. The number of rotatable bonds is 5. The van der Waals surface area contributed by atoms with Crippen molar-refractivity contribution in [1.29, 1.82) is 0 Å². The van der Waals surface area contributed by atoms with Crippen molar-refractivity contribution in [2.45, 2.75) is 13.0 Å². The molecule has 1 amide bonds. The number of carbonyl (C=O) groups excluding carboxylic acids is 1. The summed E-state index contributed by atoms with van der Waals surface area (Å²) < 4.78 is 10.9. The first-order valence-electron chi connectivity index (χ1n) is 7.86. The summed E-state index contributed by atoms with van der Waals surface area (Å²) in [4.78, 5) is 12.3. The number of ether oxygens (including phenoxy) is 2. The van der Waals surface area contributed by atoms with E-state index in [9.17, 15) is 4.79 Å². The predicted molar refractivity (Wildman–Crippen MR) is 101 cm³/mol. The maximum Gasteiger partial charge on any atom is 0.265 e. The van der Waals surface area contributed by atoms with E-state index in [2.05, 4.69) is 5.32 Å². The Morgan fingerprint density at radius 3 is 2.52 bits per heavy atom. The molecule has 0 aromatic heterocycles. The lowest BCUT2D eigenvalue weighted by molar-refractivity contribution is -0.122. The minimum atomic E-state index is -0.651. The van der Waals surface area contributed by atoms with Crippen molar-refractivity contribution in [2.75, 3.05) is 12.4 Å². The molecule has 3 aromatic carbocycles. The quantitative estimate of drug-likeness (QED) is 0.707. The van der Waals surface area contributed by atoms with Crippen molar-refractivity contribution in [1.82, 2.24) is 0 Å². The van der Waals surface area contributed by atoms with Gasteiger partial charge in [0.25, 0.3) is 5.91 Å². The van der Waals surface area contributed by atoms with Crippen LogP contribution in [-0.2, 0) is 4.79 Å². The van der Waals surface area contributed by atoms with E-state index in [0.717, 1.165) is 10.8 Å². The van der Waals surface area contributed by atoms with E-state index in [-0.39, 0.29) is 5.91 Å². The van der Waals surface area contributed by atoms with Gasteiger partial charge in [0.15, 0.2) is 6.10 Å². The molecule has 0 bridgehead atoms. The van der Waals surface area contributed by atoms with Crippen LogP contribution in [0.2, 0.25) is 5.02 Å². The van der Waals surface area contributed by atoms with Gasteiger partial charge in [0.1, 0.15) is 11.5 Å². The highest BCUT2D eigenvalue weighted by molar-refractivity contribution is 6.32. The number of fused-ring (bicyclic) bond motifs is 1. The Kier molecular flexibility index (Phi) is 5.10. The number of anilines is 1. The van der Waals surface area contributed by atoms with Crippen molar-refractivity contribution in [3.8, 4) is 11.5 Å². The van der Waals surface area contributed by atoms with Gasteiger partial charge in [-0.05, 0) is 48.0 Å². The number of hydrogen-bond acceptors (Lipinski definition) is 3. The highest BCUT2D eigenvalue weighted by Crippen LogP contribution is 2.27. The molecule has 3 rings (SSSR count). The van der Waals surface area contributed by atoms with Crippen LogP contribution < -0.4 is 14.8 Å². The Hall–Kier alpha value is -2.72. The topological polar surface area (TPSA) is 47.6 Å². The molecule has 128 valence electrons. The molecule has 0 saturated heterocycles. The molecule has 25 heavy (non-hydrogen) atoms. The van der Waals surface area contributed by atoms with Gasteiger partial charge >= 0.3 is 0 Å². The molecule has 0 heterocycles. The molecule has 1 N–H and O–H groups in total. The smallest absolute Gasteiger partial charge is 0.265 e. The van der Waals surface area contributed by atoms with Gasteiger partial charge in [0.2, 0.25) is 0 Å². The van der Waals surface area contributed by atoms with Crippen molar-refractivity contribution in [3.63, 3.8) is 0 Å². The minimum absolute atomic E-state index is 0.255. The van der Waals surface area contributed by atoms with Crippen LogP contribution in [0.3, 0.4) is 0 Å². The average molecular weight is 356 g/mol. The maximum absolute atomic E-state index is 12.3. The zero-order valence-electron chi connectivity index (χ0n) is 14.0. The first-order chi connectivity index (χ1) is 12.1. The predicted octanol–water partition coefficient (Wildman–Crippen LogP) is 4.91. The standard InChI is InChI=1S/C20H18ClNO3/c1-13(20(23)22-16-8-10-19(24-2)18(21)12-16)25-17-9-7-14-5-3-4-6-15(14)11-17/h3-13H,1-2H3,(H,22,23)/t13-/m1/s1. The number of benzene rings is 3. The van der Waals surface area contributed by atoms with Crippen molar-refractivity contribution in [3.05, 3.63) is 65.7 Å². The normalized spacial score (nSPS) is 11.8. The van der Waals surface area contributed by atoms with Crippen LogP contribution in [-0.4, -0.2) is 19.1 Å². The molecule has 4 nitrogen and oxygen atoms in total. The molecule has 0 fully saturated rings. The molecule has 1 atom stereocenters. The van der Waals surface area contributed by atoms with Gasteiger partial charge in [-0.2, -0.15) is 0 Å². The summed E-state index contributed by atoms with van der Waals surface area (Å²) in [5.74, 6) is 0.948. The molecular formula is C20H18ClNO3. The highest BCUT2D eigenvalue weighted by atomic mass is 35.5. The van der Waals surface area contributed by atoms with E-state index < -0.39 is 6.10 Å². The van der Waals surface area contributed by atoms with E-state index in [4.69, 9.17) is 21.1 Å². The molecule has 0 aliphatic carbocycles. The fraction of sp³-hybridized carbons (Fsp3) is 0.150. The van der Waals surface area contributed by atoms with Crippen LogP contribution in [0, 0.1) is 0 Å². The Morgan fingerprint density at radius 1 is 1.04 bits per heavy atom. The Bertz CT molecular complexity index is 910. The second-order valence-electron chi connectivity index (χ2n) is 5.61. The average Bonchev–Trinajstić information content (AvgIpc) is 2.61. The lowest BCUT2D eigenvalue weighted by Gasteiger charge is -2.15. The molecule has 0 aliphatic rings. The van der Waals surface area contributed by atoms with Gasteiger partial charge in [0.05, 0.1) is 12.1 Å². The number of amides is 1. The summed E-state index contributed by atoms with van der Waals surface area (Å²) in [7, 11) is 1.54. The van der Waals surface area contributed by atoms with Crippen LogP contribution in [0.15, 0.2) is 60.7 Å². The molecular weight excluding hydrogens is 338 g/mol. The van der Waals surface area contributed by atoms with Crippen molar-refractivity contribution < 1.29 is 14.3 Å². The summed E-state index contributed by atoms with van der Waals surface area (Å²) in [6.07, 6.45) is -0.651. The fourth-order valence-electron chi connectivity index (χ4n) is 2.49. The molecule has 3 aromatic rings. The maximum atomic E-state index is 12.3. The minimum Gasteiger partial charge on any atom is -0.495 e. The third-order valence-corrected chi connectivity index (χ3v) is 4.12. The monoisotopic (exact) mass is 355 g/mol. The van der Waals surface area contributed by atoms with Crippen molar-refractivity contribution in [2.24, 2.45) is 0 Å². The molecule has 0 spiro atoms. The van der Waals surface area contributed by atoms with Crippen molar-refractivity contribution >= 4 is 34.0 Å². The van der Waals surface area contributed by atoms with Crippen LogP contribution in [0.5, 0.6) is 11.5 Å². The number of halogens is 1. The number of methoxy groups -OCH3 is 1. The molecule has 0 aliphatic heterocycles. The molecule has 0 saturated carbocycles. The number of carbonyl (C=O) groups is 1. The largest absolute Gasteiger partial charge is 0.495 e. The van der Waals surface area contributed by atoms with E-state index in [1.165, 1.54) is 0 Å². The van der Waals surface area contributed by atoms with E-state index in [1.54, 1.807) is 32.2 Å². The second kappa shape index (κ2) is 7.45. The number of nitrogens with one attached hydrogen (secondary N) is 1. The van der Waals surface area contributed by atoms with E-state index in [1.807, 2.05) is 42.5 Å². The summed E-state index contributed by atoms with van der Waals surface area (Å²) in [6, 6.07) is 18.8. The van der Waals surface area contributed by atoms with Gasteiger partial charge in [-0.3, -0.25) is 4.79 Å². The summed E-state index contributed by atoms with van der Waals surface area (Å²) in [5, 5.41) is 5.41. The van der Waals surface area contributed by atoms with Gasteiger partial charge in [-0.15, -0.1) is 0 Å². The van der Waals surface area contributed by atoms with E-state index >= 15 is 0 Å². The number of hydrogen-bond donors (Lipinski definition) is 1. The zero-order valence-corrected chi connectivity index (χ0v) is 14.7. The van der Waals surface area contributed by atoms with Gasteiger partial charge in [-0.1, -0.05) is 41.9 Å². The third-order valence-electron chi connectivity index (χ3n) is 3.82. The summed E-state index contributed by atoms with van der Waals surface area (Å²) >= 11 is 6.07. The highest BCUT2D eigenvalue weighted by Gasteiger charge is 2.15. The first-order valence-corrected chi connectivity index (χ1v) is 8.24. The van der Waals surface area contributed by atoms with Gasteiger partial charge < -0.3 is 14.8 Å². The van der Waals surface area contributed by atoms with Gasteiger partial charge in [0, 0.05) is 5.69 Å². The summed E-state index contributed by atoms with van der Waals surface area (Å²) in [5.41, 5.74) is 0.588. The van der Waals surface area contributed by atoms with Crippen LogP contribution in [0.4, 0.5) is 5.69 Å². The fourth-order valence-corrected chi connectivity index (χ4v) is 2.74. The third kappa shape index (κ3) is 4.03. The molecule has 0 radical (unpaired) electrons. The second-order valence-corrected chi connectivity index (χ2v) is 6.01. The Balaban J connectivity index is 1.68. The van der Waals surface area contributed by atoms with Crippen LogP contribution in [0.25, 0.3) is 10.8 Å². The van der Waals surface area contributed by atoms with Crippen LogP contribution in [0.1, 0.15) is 6.92 Å². The summed E-state index contributed by atoms with van der Waals surface area (Å²) in [6.45, 7) is 1.70. The molecule has 0 unspecified atom stereocenters.